The van der Waals surface area contributed by atoms with Crippen LogP contribution in [-0.2, 0) is 11.4 Å². The summed E-state index contributed by atoms with van der Waals surface area (Å²) in [6.45, 7) is 0.0926. The summed E-state index contributed by atoms with van der Waals surface area (Å²) < 4.78 is 35.7. The Hall–Kier alpha value is -3.84. The Labute approximate surface area is 198 Å². The van der Waals surface area contributed by atoms with Crippen molar-refractivity contribution in [2.45, 2.75) is 18.9 Å². The molecule has 0 radical (unpaired) electrons. The first-order chi connectivity index (χ1) is 16.4. The van der Waals surface area contributed by atoms with E-state index in [0.717, 1.165) is 0 Å². The number of halogens is 2. The molecule has 0 fully saturated rings. The number of ether oxygens (including phenoxy) is 3. The number of carbonyl (C=O) groups is 1. The highest BCUT2D eigenvalue weighted by atomic mass is 35.5. The summed E-state index contributed by atoms with van der Waals surface area (Å²) in [5.74, 6) is -0.381. The number of hydrogen-bond donors (Lipinski definition) is 0. The third-order valence-corrected chi connectivity index (χ3v) is 6.02. The number of fused-ring (bicyclic) bond motifs is 3. The van der Waals surface area contributed by atoms with E-state index in [1.54, 1.807) is 36.4 Å². The Bertz CT molecular complexity index is 1480. The molecule has 0 saturated heterocycles. The van der Waals surface area contributed by atoms with Gasteiger partial charge in [0, 0.05) is 17.5 Å². The molecule has 4 aromatic rings. The van der Waals surface area contributed by atoms with Crippen LogP contribution < -0.4 is 19.8 Å². The first-order valence-electron chi connectivity index (χ1n) is 10.5. The summed E-state index contributed by atoms with van der Waals surface area (Å²) in [4.78, 5) is 25.4. The van der Waals surface area contributed by atoms with E-state index in [1.165, 1.54) is 25.3 Å². The molecule has 1 aromatic heterocycles. The van der Waals surface area contributed by atoms with Crippen LogP contribution in [0.25, 0.3) is 11.0 Å². The average molecular weight is 481 g/mol. The second kappa shape index (κ2) is 8.83. The van der Waals surface area contributed by atoms with E-state index in [-0.39, 0.29) is 23.8 Å². The second-order valence-corrected chi connectivity index (χ2v) is 8.20. The van der Waals surface area contributed by atoms with Crippen molar-refractivity contribution in [1.29, 1.82) is 0 Å². The topological polar surface area (TPSA) is 75.0 Å². The van der Waals surface area contributed by atoms with Crippen molar-refractivity contribution in [1.82, 2.24) is 0 Å². The predicted molar refractivity (Wildman–Crippen MR) is 123 cm³/mol. The zero-order valence-corrected chi connectivity index (χ0v) is 18.7. The molecule has 0 amide bonds. The van der Waals surface area contributed by atoms with Crippen molar-refractivity contribution in [3.8, 4) is 17.2 Å². The monoisotopic (exact) mass is 480 g/mol. The van der Waals surface area contributed by atoms with Crippen molar-refractivity contribution in [2.75, 3.05) is 7.11 Å². The Morgan fingerprint density at radius 2 is 1.91 bits per heavy atom. The molecule has 0 bridgehead atoms. The summed E-state index contributed by atoms with van der Waals surface area (Å²) in [7, 11) is 1.53. The zero-order chi connectivity index (χ0) is 23.8. The molecule has 8 heteroatoms. The van der Waals surface area contributed by atoms with Crippen LogP contribution >= 0.6 is 11.6 Å². The van der Waals surface area contributed by atoms with Gasteiger partial charge in [-0.3, -0.25) is 4.79 Å². The number of benzene rings is 3. The first-order valence-corrected chi connectivity index (χ1v) is 10.8. The van der Waals surface area contributed by atoms with Gasteiger partial charge in [-0.1, -0.05) is 29.8 Å². The molecule has 0 saturated carbocycles. The minimum atomic E-state index is -0.568. The highest BCUT2D eigenvalue weighted by molar-refractivity contribution is 6.30. The molecule has 1 atom stereocenters. The van der Waals surface area contributed by atoms with Crippen LogP contribution in [0.3, 0.4) is 0 Å². The van der Waals surface area contributed by atoms with Crippen LogP contribution in [-0.4, -0.2) is 13.1 Å². The van der Waals surface area contributed by atoms with E-state index >= 15 is 0 Å². The summed E-state index contributed by atoms with van der Waals surface area (Å²) in [6.07, 6.45) is -0.0176. The van der Waals surface area contributed by atoms with Gasteiger partial charge < -0.3 is 18.6 Å². The number of esters is 1. The van der Waals surface area contributed by atoms with Gasteiger partial charge in [0.15, 0.2) is 5.75 Å². The van der Waals surface area contributed by atoms with Crippen molar-refractivity contribution >= 4 is 28.5 Å². The lowest BCUT2D eigenvalue weighted by atomic mass is 9.86. The van der Waals surface area contributed by atoms with Gasteiger partial charge in [-0.25, -0.2) is 9.18 Å². The average Bonchev–Trinajstić information content (AvgIpc) is 2.84. The van der Waals surface area contributed by atoms with Crippen LogP contribution in [0.4, 0.5) is 4.39 Å². The minimum Gasteiger partial charge on any atom is -0.496 e. The van der Waals surface area contributed by atoms with Gasteiger partial charge >= 0.3 is 11.6 Å². The fourth-order valence-corrected chi connectivity index (χ4v) is 4.28. The van der Waals surface area contributed by atoms with E-state index in [2.05, 4.69) is 0 Å². The normalized spacial score (nSPS) is 15.0. The van der Waals surface area contributed by atoms with Crippen molar-refractivity contribution in [3.63, 3.8) is 0 Å². The first kappa shape index (κ1) is 22.0. The maximum atomic E-state index is 13.4. The Morgan fingerprint density at radius 1 is 1.09 bits per heavy atom. The zero-order valence-electron chi connectivity index (χ0n) is 18.0. The molecular formula is C26H18ClFO6. The number of carbonyl (C=O) groups excluding carboxylic acids is 1. The lowest BCUT2D eigenvalue weighted by Gasteiger charge is -2.25. The SMILES string of the molecule is COc1ccc([C@H]2CC(=O)Oc3c2c(=O)oc2ccccc32)cc1COc1ccc(F)c(Cl)c1. The van der Waals surface area contributed by atoms with Crippen molar-refractivity contribution in [3.05, 3.63) is 98.6 Å². The van der Waals surface area contributed by atoms with E-state index in [0.29, 0.717) is 39.2 Å². The minimum absolute atomic E-state index is 0.0176. The van der Waals surface area contributed by atoms with Crippen LogP contribution in [0.5, 0.6) is 17.2 Å². The van der Waals surface area contributed by atoms with Gasteiger partial charge in [0.2, 0.25) is 0 Å². The lowest BCUT2D eigenvalue weighted by molar-refractivity contribution is -0.135. The molecule has 172 valence electrons. The quantitative estimate of drug-likeness (QED) is 0.273. The third kappa shape index (κ3) is 3.99. The van der Waals surface area contributed by atoms with Crippen LogP contribution in [0, 0.1) is 5.82 Å². The number of methoxy groups -OCH3 is 1. The summed E-state index contributed by atoms with van der Waals surface area (Å²) >= 11 is 5.84. The fourth-order valence-electron chi connectivity index (χ4n) is 4.11. The standard InChI is InChI=1S/C26H18ClFO6/c1-31-21-9-6-14(10-15(21)13-32-16-7-8-20(28)19(27)11-16)18-12-23(29)34-25-17-4-2-3-5-22(17)33-26(30)24(18)25/h2-11,18H,12-13H2,1H3/t18-/m1/s1. The maximum Gasteiger partial charge on any atom is 0.343 e. The molecule has 34 heavy (non-hydrogen) atoms. The molecule has 2 heterocycles. The van der Waals surface area contributed by atoms with Crippen LogP contribution in [0.15, 0.2) is 69.9 Å². The molecule has 0 aliphatic carbocycles. The van der Waals surface area contributed by atoms with Gasteiger partial charge in [0.05, 0.1) is 29.5 Å². The Morgan fingerprint density at radius 3 is 2.71 bits per heavy atom. The van der Waals surface area contributed by atoms with Crippen molar-refractivity contribution < 1.29 is 27.8 Å². The molecular weight excluding hydrogens is 463 g/mol. The fraction of sp³-hybridized carbons (Fsp3) is 0.154. The van der Waals surface area contributed by atoms with Gasteiger partial charge in [0.1, 0.15) is 29.5 Å². The van der Waals surface area contributed by atoms with Gasteiger partial charge in [-0.15, -0.1) is 0 Å². The van der Waals surface area contributed by atoms with Gasteiger partial charge in [0.25, 0.3) is 0 Å². The summed E-state index contributed by atoms with van der Waals surface area (Å²) in [5.41, 5.74) is 1.46. The molecule has 5 rings (SSSR count). The number of para-hydroxylation sites is 1. The molecule has 0 N–H and O–H groups in total. The largest absolute Gasteiger partial charge is 0.496 e. The molecule has 0 spiro atoms. The highest BCUT2D eigenvalue weighted by Gasteiger charge is 2.34. The smallest absolute Gasteiger partial charge is 0.343 e. The van der Waals surface area contributed by atoms with Gasteiger partial charge in [-0.05, 0) is 42.0 Å². The van der Waals surface area contributed by atoms with Gasteiger partial charge in [-0.2, -0.15) is 0 Å². The number of rotatable bonds is 5. The molecule has 6 nitrogen and oxygen atoms in total. The lowest BCUT2D eigenvalue weighted by Crippen LogP contribution is -2.26. The van der Waals surface area contributed by atoms with Crippen molar-refractivity contribution in [2.24, 2.45) is 0 Å². The third-order valence-electron chi connectivity index (χ3n) is 5.73. The molecule has 3 aromatic carbocycles. The van der Waals surface area contributed by atoms with Crippen LogP contribution in [0.2, 0.25) is 5.02 Å². The van der Waals surface area contributed by atoms with E-state index in [1.807, 2.05) is 6.07 Å². The summed E-state index contributed by atoms with van der Waals surface area (Å²) in [6, 6.07) is 16.3. The maximum absolute atomic E-state index is 13.4. The van der Waals surface area contributed by atoms with E-state index in [9.17, 15) is 14.0 Å². The second-order valence-electron chi connectivity index (χ2n) is 7.80. The van der Waals surface area contributed by atoms with Crippen LogP contribution in [0.1, 0.15) is 29.0 Å². The Balaban J connectivity index is 1.54. The van der Waals surface area contributed by atoms with E-state index in [4.69, 9.17) is 30.2 Å². The van der Waals surface area contributed by atoms with E-state index < -0.39 is 23.3 Å². The Kier molecular flexibility index (Phi) is 5.71. The summed E-state index contributed by atoms with van der Waals surface area (Å²) in [5, 5.41) is 0.509. The highest BCUT2D eigenvalue weighted by Crippen LogP contribution is 2.41. The molecule has 1 aliphatic heterocycles. The predicted octanol–water partition coefficient (Wildman–Crippen LogP) is 5.61. The number of hydrogen-bond acceptors (Lipinski definition) is 6. The molecule has 1 aliphatic rings. The molecule has 0 unspecified atom stereocenters.